The van der Waals surface area contributed by atoms with Gasteiger partial charge in [0.2, 0.25) is 5.95 Å². The van der Waals surface area contributed by atoms with Gasteiger partial charge in [0.25, 0.3) is 0 Å². The zero-order valence-electron chi connectivity index (χ0n) is 16.4. The Hall–Kier alpha value is -3.32. The lowest BCUT2D eigenvalue weighted by Gasteiger charge is -2.29. The summed E-state index contributed by atoms with van der Waals surface area (Å²) in [6.45, 7) is 4.18. The topological polar surface area (TPSA) is 80.7 Å². The van der Waals surface area contributed by atoms with Gasteiger partial charge in [-0.15, -0.1) is 0 Å². The molecule has 7 nitrogen and oxygen atoms in total. The molecule has 0 aliphatic carbocycles. The summed E-state index contributed by atoms with van der Waals surface area (Å²) in [5.74, 6) is 1.07. The lowest BCUT2D eigenvalue weighted by atomic mass is 10.1. The first-order chi connectivity index (χ1) is 14.2. The minimum atomic E-state index is 0.359. The third kappa shape index (κ3) is 3.23. The van der Waals surface area contributed by atoms with Gasteiger partial charge in [0.05, 0.1) is 18.3 Å². The summed E-state index contributed by atoms with van der Waals surface area (Å²) in [6.07, 6.45) is 0.744. The monoisotopic (exact) mass is 388 g/mol. The Morgan fingerprint density at radius 1 is 1.10 bits per heavy atom. The molecule has 0 atom stereocenters. The molecule has 2 aromatic heterocycles. The van der Waals surface area contributed by atoms with Crippen LogP contribution in [0.2, 0.25) is 0 Å². The predicted octanol–water partition coefficient (Wildman–Crippen LogP) is 2.47. The average Bonchev–Trinajstić information content (AvgIpc) is 3.19. The summed E-state index contributed by atoms with van der Waals surface area (Å²) >= 11 is 0. The molecule has 0 bridgehead atoms. The summed E-state index contributed by atoms with van der Waals surface area (Å²) in [7, 11) is 1.64. The van der Waals surface area contributed by atoms with E-state index in [0.29, 0.717) is 11.7 Å². The maximum absolute atomic E-state index is 6.18. The van der Waals surface area contributed by atoms with Crippen molar-refractivity contribution in [2.45, 2.75) is 6.42 Å². The second kappa shape index (κ2) is 7.25. The van der Waals surface area contributed by atoms with Gasteiger partial charge in [-0.1, -0.05) is 24.3 Å². The Balaban J connectivity index is 1.46. The van der Waals surface area contributed by atoms with Crippen molar-refractivity contribution in [2.75, 3.05) is 43.9 Å². The van der Waals surface area contributed by atoms with E-state index in [9.17, 15) is 0 Å². The number of methoxy groups -OCH3 is 1. The highest BCUT2D eigenvalue weighted by atomic mass is 16.5. The standard InChI is InChI=1S/C22H24N6O/c1-29-20-4-2-3-18-19-14-16(26-28(19)22(23)25-21(18)20)13-15-5-7-17(8-6-15)27-11-9-24-10-12-27/h2-8,14,24H,9-13H2,1H3,(H2,23,25). The van der Waals surface area contributed by atoms with Crippen LogP contribution in [-0.2, 0) is 6.42 Å². The predicted molar refractivity (Wildman–Crippen MR) is 116 cm³/mol. The van der Waals surface area contributed by atoms with Crippen LogP contribution in [0.25, 0.3) is 16.4 Å². The van der Waals surface area contributed by atoms with Gasteiger partial charge in [0.15, 0.2) is 0 Å². The molecule has 0 radical (unpaired) electrons. The second-order valence-corrected chi connectivity index (χ2v) is 7.34. The lowest BCUT2D eigenvalue weighted by Crippen LogP contribution is -2.43. The van der Waals surface area contributed by atoms with E-state index in [1.807, 2.05) is 18.2 Å². The smallest absolute Gasteiger partial charge is 0.222 e. The number of aromatic nitrogens is 3. The average molecular weight is 388 g/mol. The number of ether oxygens (including phenoxy) is 1. The quantitative estimate of drug-likeness (QED) is 0.559. The van der Waals surface area contributed by atoms with Gasteiger partial charge < -0.3 is 20.7 Å². The number of nitrogens with two attached hydrogens (primary N) is 1. The number of hydrogen-bond acceptors (Lipinski definition) is 6. The number of hydrogen-bond donors (Lipinski definition) is 2. The van der Waals surface area contributed by atoms with Gasteiger partial charge in [-0.2, -0.15) is 9.61 Å². The largest absolute Gasteiger partial charge is 0.494 e. The first-order valence-electron chi connectivity index (χ1n) is 9.88. The number of nitrogens with one attached hydrogen (secondary N) is 1. The first kappa shape index (κ1) is 17.8. The van der Waals surface area contributed by atoms with Crippen molar-refractivity contribution in [2.24, 2.45) is 0 Å². The fraction of sp³-hybridized carbons (Fsp3) is 0.273. The molecule has 7 heteroatoms. The van der Waals surface area contributed by atoms with Crippen molar-refractivity contribution in [3.05, 3.63) is 59.8 Å². The summed E-state index contributed by atoms with van der Waals surface area (Å²) in [5.41, 5.74) is 11.3. The molecule has 1 aliphatic rings. The van der Waals surface area contributed by atoms with Gasteiger partial charge in [0.1, 0.15) is 11.3 Å². The molecular formula is C22H24N6O. The van der Waals surface area contributed by atoms with Crippen LogP contribution in [0.15, 0.2) is 48.5 Å². The van der Waals surface area contributed by atoms with E-state index in [0.717, 1.165) is 54.7 Å². The Morgan fingerprint density at radius 2 is 1.90 bits per heavy atom. The van der Waals surface area contributed by atoms with Crippen molar-refractivity contribution in [1.29, 1.82) is 0 Å². The Labute approximate surface area is 169 Å². The number of rotatable bonds is 4. The van der Waals surface area contributed by atoms with Crippen LogP contribution in [0.4, 0.5) is 11.6 Å². The zero-order valence-corrected chi connectivity index (χ0v) is 16.4. The summed E-state index contributed by atoms with van der Waals surface area (Å²) in [5, 5.41) is 9.06. The van der Waals surface area contributed by atoms with Crippen LogP contribution in [0, 0.1) is 0 Å². The molecule has 29 heavy (non-hydrogen) atoms. The minimum Gasteiger partial charge on any atom is -0.494 e. The van der Waals surface area contributed by atoms with Crippen molar-refractivity contribution in [1.82, 2.24) is 19.9 Å². The normalized spacial score (nSPS) is 14.6. The Morgan fingerprint density at radius 3 is 2.66 bits per heavy atom. The van der Waals surface area contributed by atoms with Crippen LogP contribution < -0.4 is 20.7 Å². The fourth-order valence-electron chi connectivity index (χ4n) is 4.01. The van der Waals surface area contributed by atoms with Gasteiger partial charge in [-0.3, -0.25) is 0 Å². The molecule has 0 amide bonds. The Kier molecular flexibility index (Phi) is 4.44. The highest BCUT2D eigenvalue weighted by Gasteiger charge is 2.14. The Bertz CT molecular complexity index is 1160. The molecule has 0 spiro atoms. The fourth-order valence-corrected chi connectivity index (χ4v) is 4.01. The number of para-hydroxylation sites is 1. The molecule has 0 unspecified atom stereocenters. The molecule has 0 saturated carbocycles. The minimum absolute atomic E-state index is 0.359. The van der Waals surface area contributed by atoms with E-state index in [1.165, 1.54) is 11.3 Å². The first-order valence-corrected chi connectivity index (χ1v) is 9.88. The van der Waals surface area contributed by atoms with Crippen LogP contribution in [0.5, 0.6) is 5.75 Å². The van der Waals surface area contributed by atoms with Gasteiger partial charge in [-0.05, 0) is 29.8 Å². The van der Waals surface area contributed by atoms with E-state index in [1.54, 1.807) is 11.6 Å². The van der Waals surface area contributed by atoms with E-state index in [2.05, 4.69) is 45.5 Å². The summed E-state index contributed by atoms with van der Waals surface area (Å²) in [6, 6.07) is 16.7. The maximum atomic E-state index is 6.18. The second-order valence-electron chi connectivity index (χ2n) is 7.34. The van der Waals surface area contributed by atoms with Crippen LogP contribution in [0.1, 0.15) is 11.3 Å². The lowest BCUT2D eigenvalue weighted by molar-refractivity contribution is 0.419. The number of nitrogen functional groups attached to an aromatic ring is 1. The van der Waals surface area contributed by atoms with Crippen LogP contribution in [-0.4, -0.2) is 47.9 Å². The number of anilines is 2. The van der Waals surface area contributed by atoms with Crippen molar-refractivity contribution in [3.63, 3.8) is 0 Å². The molecule has 3 heterocycles. The highest BCUT2D eigenvalue weighted by Crippen LogP contribution is 2.29. The molecule has 1 saturated heterocycles. The highest BCUT2D eigenvalue weighted by molar-refractivity contribution is 5.97. The molecule has 1 aliphatic heterocycles. The molecule has 5 rings (SSSR count). The van der Waals surface area contributed by atoms with E-state index < -0.39 is 0 Å². The van der Waals surface area contributed by atoms with E-state index in [-0.39, 0.29) is 0 Å². The van der Waals surface area contributed by atoms with Crippen molar-refractivity contribution >= 4 is 28.1 Å². The van der Waals surface area contributed by atoms with Gasteiger partial charge >= 0.3 is 0 Å². The molecule has 4 aromatic rings. The van der Waals surface area contributed by atoms with Gasteiger partial charge in [-0.25, -0.2) is 4.98 Å². The van der Waals surface area contributed by atoms with E-state index >= 15 is 0 Å². The number of piperazine rings is 1. The van der Waals surface area contributed by atoms with Gasteiger partial charge in [0, 0.05) is 43.7 Å². The summed E-state index contributed by atoms with van der Waals surface area (Å²) < 4.78 is 7.15. The maximum Gasteiger partial charge on any atom is 0.222 e. The molecule has 2 aromatic carbocycles. The molecule has 1 fully saturated rings. The molecule has 3 N–H and O–H groups in total. The molecular weight excluding hydrogens is 364 g/mol. The SMILES string of the molecule is COc1cccc2c1nc(N)n1nc(Cc3ccc(N4CCNCC4)cc3)cc21. The third-order valence-corrected chi connectivity index (χ3v) is 5.50. The molecule has 148 valence electrons. The van der Waals surface area contributed by atoms with E-state index in [4.69, 9.17) is 15.6 Å². The third-order valence-electron chi connectivity index (χ3n) is 5.50. The zero-order chi connectivity index (χ0) is 19.8. The van der Waals surface area contributed by atoms with Crippen molar-refractivity contribution < 1.29 is 4.74 Å². The number of nitrogens with zero attached hydrogens (tertiary/aromatic N) is 4. The van der Waals surface area contributed by atoms with Crippen molar-refractivity contribution in [3.8, 4) is 5.75 Å². The summed E-state index contributed by atoms with van der Waals surface area (Å²) in [4.78, 5) is 6.91. The van der Waals surface area contributed by atoms with Crippen LogP contribution >= 0.6 is 0 Å². The number of fused-ring (bicyclic) bond motifs is 3. The van der Waals surface area contributed by atoms with Crippen LogP contribution in [0.3, 0.4) is 0 Å². The number of benzene rings is 2.